The van der Waals surface area contributed by atoms with Crippen LogP contribution in [0.4, 0.5) is 4.79 Å². The highest BCUT2D eigenvalue weighted by atomic mass is 79.9. The third kappa shape index (κ3) is 4.79. The molecule has 0 atom stereocenters. The van der Waals surface area contributed by atoms with Gasteiger partial charge in [-0.05, 0) is 58.6 Å². The van der Waals surface area contributed by atoms with Crippen molar-refractivity contribution in [3.8, 4) is 11.5 Å². The van der Waals surface area contributed by atoms with Gasteiger partial charge in [0.15, 0.2) is 11.5 Å². The molecule has 3 amide bonds. The molecule has 0 bridgehead atoms. The van der Waals surface area contributed by atoms with Crippen molar-refractivity contribution in [2.45, 2.75) is 26.9 Å². The highest BCUT2D eigenvalue weighted by molar-refractivity contribution is 9.10. The predicted octanol–water partition coefficient (Wildman–Crippen LogP) is 4.65. The van der Waals surface area contributed by atoms with Gasteiger partial charge in [0.2, 0.25) is 0 Å². The summed E-state index contributed by atoms with van der Waals surface area (Å²) in [7, 11) is 1.56. The first-order valence-electron chi connectivity index (χ1n) is 9.33. The van der Waals surface area contributed by atoms with Gasteiger partial charge in [-0.15, -0.1) is 0 Å². The summed E-state index contributed by atoms with van der Waals surface area (Å²) in [4.78, 5) is 25.6. The number of methoxy groups -OCH3 is 1. The summed E-state index contributed by atoms with van der Waals surface area (Å²) in [5.74, 6) is 0.776. The molecule has 152 valence electrons. The molecule has 0 aromatic heterocycles. The first kappa shape index (κ1) is 20.9. The molecule has 7 heteroatoms. The van der Waals surface area contributed by atoms with Crippen LogP contribution in [0.1, 0.15) is 30.0 Å². The maximum atomic E-state index is 12.4. The van der Waals surface area contributed by atoms with Crippen LogP contribution in [0.2, 0.25) is 0 Å². The lowest BCUT2D eigenvalue weighted by molar-refractivity contribution is -0.122. The SMILES string of the molecule is CCCN1C(=O)N/C(=C/c2cc(Br)c(OCc3cccc(C)c3)c(OC)c2)C1=O. The number of imide groups is 1. The Morgan fingerprint density at radius 1 is 1.21 bits per heavy atom. The van der Waals surface area contributed by atoms with Crippen molar-refractivity contribution in [2.24, 2.45) is 0 Å². The Kier molecular flexibility index (Phi) is 6.59. The van der Waals surface area contributed by atoms with Crippen molar-refractivity contribution in [3.63, 3.8) is 0 Å². The number of ether oxygens (including phenoxy) is 2. The van der Waals surface area contributed by atoms with E-state index < -0.39 is 6.03 Å². The first-order valence-corrected chi connectivity index (χ1v) is 10.1. The Morgan fingerprint density at radius 2 is 2.00 bits per heavy atom. The number of hydrogen-bond acceptors (Lipinski definition) is 4. The van der Waals surface area contributed by atoms with Gasteiger partial charge in [0.1, 0.15) is 12.3 Å². The van der Waals surface area contributed by atoms with Crippen molar-refractivity contribution in [1.82, 2.24) is 10.2 Å². The predicted molar refractivity (Wildman–Crippen MR) is 115 cm³/mol. The highest BCUT2D eigenvalue weighted by Crippen LogP contribution is 2.38. The lowest BCUT2D eigenvalue weighted by Crippen LogP contribution is -2.31. The number of nitrogens with one attached hydrogen (secondary N) is 1. The fourth-order valence-corrected chi connectivity index (χ4v) is 3.66. The van der Waals surface area contributed by atoms with Gasteiger partial charge in [-0.25, -0.2) is 4.79 Å². The second-order valence-corrected chi connectivity index (χ2v) is 7.61. The molecule has 1 aliphatic rings. The fraction of sp³-hybridized carbons (Fsp3) is 0.273. The third-order valence-corrected chi connectivity index (χ3v) is 5.03. The van der Waals surface area contributed by atoms with E-state index in [1.54, 1.807) is 19.3 Å². The molecule has 3 rings (SSSR count). The molecule has 29 heavy (non-hydrogen) atoms. The van der Waals surface area contributed by atoms with E-state index in [0.29, 0.717) is 41.1 Å². The summed E-state index contributed by atoms with van der Waals surface area (Å²) < 4.78 is 12.2. The molecule has 1 N–H and O–H groups in total. The van der Waals surface area contributed by atoms with Gasteiger partial charge < -0.3 is 14.8 Å². The van der Waals surface area contributed by atoms with E-state index in [9.17, 15) is 9.59 Å². The average Bonchev–Trinajstić information content (AvgIpc) is 2.94. The monoisotopic (exact) mass is 458 g/mol. The molecule has 0 aliphatic carbocycles. The third-order valence-electron chi connectivity index (χ3n) is 4.44. The van der Waals surface area contributed by atoms with E-state index in [-0.39, 0.29) is 11.6 Å². The Labute approximate surface area is 178 Å². The Hall–Kier alpha value is -2.80. The van der Waals surface area contributed by atoms with Crippen LogP contribution in [0, 0.1) is 6.92 Å². The summed E-state index contributed by atoms with van der Waals surface area (Å²) >= 11 is 3.52. The van der Waals surface area contributed by atoms with Gasteiger partial charge in [-0.3, -0.25) is 9.69 Å². The van der Waals surface area contributed by atoms with Crippen LogP contribution in [0.3, 0.4) is 0 Å². The van der Waals surface area contributed by atoms with Gasteiger partial charge in [0.25, 0.3) is 5.91 Å². The van der Waals surface area contributed by atoms with Crippen molar-refractivity contribution in [3.05, 3.63) is 63.3 Å². The molecule has 0 radical (unpaired) electrons. The summed E-state index contributed by atoms with van der Waals surface area (Å²) in [5.41, 5.74) is 3.17. The molecule has 2 aromatic carbocycles. The molecule has 1 heterocycles. The number of carbonyl (C=O) groups is 2. The number of nitrogens with zero attached hydrogens (tertiary/aromatic N) is 1. The number of aryl methyl sites for hydroxylation is 1. The highest BCUT2D eigenvalue weighted by Gasteiger charge is 2.32. The molecule has 2 aromatic rings. The van der Waals surface area contributed by atoms with Crippen molar-refractivity contribution in [2.75, 3.05) is 13.7 Å². The summed E-state index contributed by atoms with van der Waals surface area (Å²) in [6.45, 7) is 4.74. The zero-order chi connectivity index (χ0) is 21.0. The summed E-state index contributed by atoms with van der Waals surface area (Å²) in [5, 5.41) is 2.62. The van der Waals surface area contributed by atoms with Crippen LogP contribution in [0.15, 0.2) is 46.6 Å². The quantitative estimate of drug-likeness (QED) is 0.484. The zero-order valence-corrected chi connectivity index (χ0v) is 18.2. The number of benzene rings is 2. The molecule has 1 fully saturated rings. The van der Waals surface area contributed by atoms with Gasteiger partial charge >= 0.3 is 6.03 Å². The van der Waals surface area contributed by atoms with Crippen LogP contribution >= 0.6 is 15.9 Å². The van der Waals surface area contributed by atoms with Gasteiger partial charge in [0.05, 0.1) is 11.6 Å². The number of amides is 3. The zero-order valence-electron chi connectivity index (χ0n) is 16.6. The summed E-state index contributed by atoms with van der Waals surface area (Å²) in [6, 6.07) is 11.3. The normalized spacial score (nSPS) is 15.0. The molecule has 0 unspecified atom stereocenters. The minimum Gasteiger partial charge on any atom is -0.493 e. The second-order valence-electron chi connectivity index (χ2n) is 6.76. The summed E-state index contributed by atoms with van der Waals surface area (Å²) in [6.07, 6.45) is 2.34. The van der Waals surface area contributed by atoms with Crippen LogP contribution in [-0.4, -0.2) is 30.5 Å². The maximum Gasteiger partial charge on any atom is 0.329 e. The molecule has 0 spiro atoms. The van der Waals surface area contributed by atoms with Crippen LogP contribution in [0.5, 0.6) is 11.5 Å². The van der Waals surface area contributed by atoms with Gasteiger partial charge in [-0.1, -0.05) is 36.8 Å². The standard InChI is InChI=1S/C22H23BrN2O4/c1-4-8-25-21(26)18(24-22(25)27)11-16-10-17(23)20(19(12-16)28-3)29-13-15-7-5-6-14(2)9-15/h5-7,9-12H,4,8,13H2,1-3H3,(H,24,27)/b18-11+. The molecule has 1 saturated heterocycles. The van der Waals surface area contributed by atoms with E-state index >= 15 is 0 Å². The average molecular weight is 459 g/mol. The van der Waals surface area contributed by atoms with Crippen molar-refractivity contribution in [1.29, 1.82) is 0 Å². The Morgan fingerprint density at radius 3 is 2.69 bits per heavy atom. The number of rotatable bonds is 7. The Bertz CT molecular complexity index is 971. The fourth-order valence-electron chi connectivity index (χ4n) is 3.09. The van der Waals surface area contributed by atoms with Crippen molar-refractivity contribution >= 4 is 33.9 Å². The van der Waals surface area contributed by atoms with Gasteiger partial charge in [0, 0.05) is 6.54 Å². The lowest BCUT2D eigenvalue weighted by Gasteiger charge is -2.14. The number of hydrogen-bond donors (Lipinski definition) is 1. The van der Waals surface area contributed by atoms with Crippen LogP contribution in [-0.2, 0) is 11.4 Å². The van der Waals surface area contributed by atoms with Gasteiger partial charge in [-0.2, -0.15) is 0 Å². The number of carbonyl (C=O) groups excluding carboxylic acids is 2. The second kappa shape index (κ2) is 9.13. The number of halogens is 1. The minimum absolute atomic E-state index is 0.242. The van der Waals surface area contributed by atoms with E-state index in [1.807, 2.05) is 38.1 Å². The van der Waals surface area contributed by atoms with E-state index in [4.69, 9.17) is 9.47 Å². The molecule has 0 saturated carbocycles. The van der Waals surface area contributed by atoms with Crippen molar-refractivity contribution < 1.29 is 19.1 Å². The first-order chi connectivity index (χ1) is 13.9. The van der Waals surface area contributed by atoms with Crippen LogP contribution in [0.25, 0.3) is 6.08 Å². The molecule has 1 aliphatic heterocycles. The maximum absolute atomic E-state index is 12.4. The van der Waals surface area contributed by atoms with E-state index in [0.717, 1.165) is 5.56 Å². The van der Waals surface area contributed by atoms with E-state index in [1.165, 1.54) is 10.5 Å². The number of urea groups is 1. The van der Waals surface area contributed by atoms with E-state index in [2.05, 4.69) is 27.3 Å². The minimum atomic E-state index is -0.396. The molecular weight excluding hydrogens is 436 g/mol. The topological polar surface area (TPSA) is 67.9 Å². The molecule has 6 nitrogen and oxygen atoms in total. The molecular formula is C22H23BrN2O4. The smallest absolute Gasteiger partial charge is 0.329 e. The van der Waals surface area contributed by atoms with Crippen LogP contribution < -0.4 is 14.8 Å². The largest absolute Gasteiger partial charge is 0.493 e. The Balaban J connectivity index is 1.83. The lowest BCUT2D eigenvalue weighted by atomic mass is 10.1.